The molecule has 1 atom stereocenters. The van der Waals surface area contributed by atoms with Crippen molar-refractivity contribution >= 4 is 27.5 Å². The maximum atomic E-state index is 11.9. The molecule has 0 radical (unpaired) electrons. The number of benzene rings is 1. The number of carbonyl (C=O) groups excluding carboxylic acids is 1. The van der Waals surface area contributed by atoms with E-state index in [4.69, 9.17) is 5.73 Å². The van der Waals surface area contributed by atoms with E-state index in [2.05, 4.69) is 51.3 Å². The predicted molar refractivity (Wildman–Crippen MR) is 76.7 cm³/mol. The third-order valence-electron chi connectivity index (χ3n) is 3.18. The summed E-state index contributed by atoms with van der Waals surface area (Å²) in [4.78, 5) is 14.1. The number of hydrogen-bond acceptors (Lipinski definition) is 3. The van der Waals surface area contributed by atoms with Crippen LogP contribution in [0, 0.1) is 6.92 Å². The number of carbonyl (C=O) groups is 1. The summed E-state index contributed by atoms with van der Waals surface area (Å²) in [5.41, 5.74) is 7.87. The van der Waals surface area contributed by atoms with Crippen LogP contribution in [0.5, 0.6) is 0 Å². The average Bonchev–Trinajstić information content (AvgIpc) is 2.32. The van der Waals surface area contributed by atoms with Gasteiger partial charge in [0.05, 0.1) is 5.69 Å². The Labute approximate surface area is 116 Å². The van der Waals surface area contributed by atoms with E-state index < -0.39 is 0 Å². The van der Waals surface area contributed by atoms with Crippen molar-refractivity contribution in [2.24, 2.45) is 5.73 Å². The Morgan fingerprint density at radius 1 is 1.56 bits per heavy atom. The van der Waals surface area contributed by atoms with Crippen molar-refractivity contribution in [1.82, 2.24) is 5.32 Å². The molecule has 5 heteroatoms. The number of anilines is 1. The summed E-state index contributed by atoms with van der Waals surface area (Å²) in [6, 6.07) is 6.03. The van der Waals surface area contributed by atoms with Crippen LogP contribution in [0.4, 0.5) is 5.69 Å². The Balaban J connectivity index is 2.31. The molecule has 2 rings (SSSR count). The van der Waals surface area contributed by atoms with Gasteiger partial charge in [-0.3, -0.25) is 4.79 Å². The van der Waals surface area contributed by atoms with Crippen LogP contribution in [0.2, 0.25) is 0 Å². The predicted octanol–water partition coefficient (Wildman–Crippen LogP) is 1.41. The van der Waals surface area contributed by atoms with Crippen molar-refractivity contribution in [3.05, 3.63) is 28.2 Å². The fraction of sp³-hybridized carbons (Fsp3) is 0.462. The van der Waals surface area contributed by atoms with Gasteiger partial charge in [-0.2, -0.15) is 0 Å². The lowest BCUT2D eigenvalue weighted by Gasteiger charge is -2.37. The summed E-state index contributed by atoms with van der Waals surface area (Å²) in [5.74, 6) is 0.0687. The Morgan fingerprint density at radius 2 is 2.33 bits per heavy atom. The van der Waals surface area contributed by atoms with E-state index in [1.54, 1.807) is 0 Å². The molecule has 1 amide bonds. The minimum absolute atomic E-state index is 0.0687. The van der Waals surface area contributed by atoms with Crippen LogP contribution < -0.4 is 16.0 Å². The lowest BCUT2D eigenvalue weighted by molar-refractivity contribution is -0.123. The normalized spacial score (nSPS) is 19.8. The smallest absolute Gasteiger partial charge is 0.242 e. The molecule has 1 aromatic rings. The highest BCUT2D eigenvalue weighted by Gasteiger charge is 2.29. The second-order valence-electron chi connectivity index (χ2n) is 4.53. The molecule has 18 heavy (non-hydrogen) atoms. The number of nitrogens with zero attached hydrogens (tertiary/aromatic N) is 1. The van der Waals surface area contributed by atoms with Gasteiger partial charge < -0.3 is 16.0 Å². The number of nitrogens with one attached hydrogen (secondary N) is 1. The average molecular weight is 312 g/mol. The van der Waals surface area contributed by atoms with Crippen molar-refractivity contribution in [2.45, 2.75) is 19.4 Å². The first kappa shape index (κ1) is 13.4. The molecule has 1 aliphatic heterocycles. The standard InChI is InChI=1S/C13H18BrN3O/c1-9-2-3-11(10(14)8-9)17-7-6-16-13(18)12(17)4-5-15/h2-3,8,12H,4-7,15H2,1H3,(H,16,18). The number of amides is 1. The highest BCUT2D eigenvalue weighted by molar-refractivity contribution is 9.10. The van der Waals surface area contributed by atoms with E-state index in [1.165, 1.54) is 5.56 Å². The molecule has 1 aliphatic rings. The van der Waals surface area contributed by atoms with Gasteiger partial charge >= 0.3 is 0 Å². The summed E-state index contributed by atoms with van der Waals surface area (Å²) >= 11 is 3.58. The molecule has 0 spiro atoms. The maximum absolute atomic E-state index is 11.9. The molecule has 4 nitrogen and oxygen atoms in total. The molecule has 1 fully saturated rings. The van der Waals surface area contributed by atoms with Gasteiger partial charge in [0.2, 0.25) is 5.91 Å². The molecule has 0 bridgehead atoms. The lowest BCUT2D eigenvalue weighted by Crippen LogP contribution is -2.56. The second-order valence-corrected chi connectivity index (χ2v) is 5.39. The van der Waals surface area contributed by atoms with E-state index >= 15 is 0 Å². The first-order chi connectivity index (χ1) is 8.63. The Morgan fingerprint density at radius 3 is 3.00 bits per heavy atom. The van der Waals surface area contributed by atoms with Gasteiger partial charge in [-0.15, -0.1) is 0 Å². The molecule has 3 N–H and O–H groups in total. The third-order valence-corrected chi connectivity index (χ3v) is 3.82. The molecule has 0 aliphatic carbocycles. The van der Waals surface area contributed by atoms with Gasteiger partial charge in [-0.1, -0.05) is 6.07 Å². The van der Waals surface area contributed by atoms with Crippen molar-refractivity contribution in [3.8, 4) is 0 Å². The topological polar surface area (TPSA) is 58.4 Å². The zero-order valence-electron chi connectivity index (χ0n) is 10.4. The Bertz CT molecular complexity index is 450. The van der Waals surface area contributed by atoms with E-state index in [0.29, 0.717) is 19.5 Å². The van der Waals surface area contributed by atoms with Gasteiger partial charge in [-0.25, -0.2) is 0 Å². The summed E-state index contributed by atoms with van der Waals surface area (Å²) < 4.78 is 1.03. The van der Waals surface area contributed by atoms with Gasteiger partial charge in [0.15, 0.2) is 0 Å². The fourth-order valence-electron chi connectivity index (χ4n) is 2.29. The zero-order chi connectivity index (χ0) is 13.1. The highest BCUT2D eigenvalue weighted by Crippen LogP contribution is 2.30. The fourth-order valence-corrected chi connectivity index (χ4v) is 3.01. The number of aryl methyl sites for hydroxylation is 1. The van der Waals surface area contributed by atoms with Crippen LogP contribution in [0.15, 0.2) is 22.7 Å². The van der Waals surface area contributed by atoms with Crippen molar-refractivity contribution in [1.29, 1.82) is 0 Å². The zero-order valence-corrected chi connectivity index (χ0v) is 12.0. The minimum atomic E-state index is -0.164. The maximum Gasteiger partial charge on any atom is 0.242 e. The van der Waals surface area contributed by atoms with Gasteiger partial charge in [0, 0.05) is 17.6 Å². The number of nitrogens with two attached hydrogens (primary N) is 1. The summed E-state index contributed by atoms with van der Waals surface area (Å²) in [6.07, 6.45) is 0.673. The molecule has 0 aromatic heterocycles. The van der Waals surface area contributed by atoms with Crippen molar-refractivity contribution in [3.63, 3.8) is 0 Å². The lowest BCUT2D eigenvalue weighted by atomic mass is 10.1. The van der Waals surface area contributed by atoms with Crippen LogP contribution in [-0.4, -0.2) is 31.6 Å². The van der Waals surface area contributed by atoms with Crippen LogP contribution in [0.3, 0.4) is 0 Å². The molecule has 1 saturated heterocycles. The van der Waals surface area contributed by atoms with Gasteiger partial charge in [-0.05, 0) is 53.5 Å². The SMILES string of the molecule is Cc1ccc(N2CCNC(=O)C2CCN)c(Br)c1. The molecule has 0 saturated carbocycles. The van der Waals surface area contributed by atoms with E-state index in [1.807, 2.05) is 0 Å². The summed E-state index contributed by atoms with van der Waals surface area (Å²) in [7, 11) is 0. The van der Waals surface area contributed by atoms with Gasteiger partial charge in [0.25, 0.3) is 0 Å². The van der Waals surface area contributed by atoms with Crippen molar-refractivity contribution in [2.75, 3.05) is 24.5 Å². The molecule has 1 heterocycles. The molecule has 1 unspecified atom stereocenters. The highest BCUT2D eigenvalue weighted by atomic mass is 79.9. The van der Waals surface area contributed by atoms with E-state index in [9.17, 15) is 4.79 Å². The summed E-state index contributed by atoms with van der Waals surface area (Å²) in [5, 5.41) is 2.90. The number of piperazine rings is 1. The monoisotopic (exact) mass is 311 g/mol. The minimum Gasteiger partial charge on any atom is -0.357 e. The second kappa shape index (κ2) is 5.71. The van der Waals surface area contributed by atoms with Gasteiger partial charge in [0.1, 0.15) is 6.04 Å². The van der Waals surface area contributed by atoms with Crippen LogP contribution in [0.1, 0.15) is 12.0 Å². The van der Waals surface area contributed by atoms with Crippen LogP contribution in [0.25, 0.3) is 0 Å². The number of halogens is 1. The Kier molecular flexibility index (Phi) is 4.24. The summed E-state index contributed by atoms with van der Waals surface area (Å²) in [6.45, 7) is 4.06. The van der Waals surface area contributed by atoms with E-state index in [-0.39, 0.29) is 11.9 Å². The van der Waals surface area contributed by atoms with E-state index in [0.717, 1.165) is 16.7 Å². The first-order valence-corrected chi connectivity index (χ1v) is 6.93. The Hall–Kier alpha value is -1.07. The largest absolute Gasteiger partial charge is 0.357 e. The van der Waals surface area contributed by atoms with Crippen molar-refractivity contribution < 1.29 is 4.79 Å². The quantitative estimate of drug-likeness (QED) is 0.887. The third kappa shape index (κ3) is 2.67. The first-order valence-electron chi connectivity index (χ1n) is 6.14. The molecular formula is C13H18BrN3O. The molecule has 1 aromatic carbocycles. The molecular weight excluding hydrogens is 294 g/mol. The van der Waals surface area contributed by atoms with Crippen LogP contribution >= 0.6 is 15.9 Å². The van der Waals surface area contributed by atoms with Crippen LogP contribution in [-0.2, 0) is 4.79 Å². The number of hydrogen-bond donors (Lipinski definition) is 2. The molecule has 98 valence electrons. The number of rotatable bonds is 3.